The summed E-state index contributed by atoms with van der Waals surface area (Å²) in [5.74, 6) is 0.0524. The molecule has 0 heterocycles. The van der Waals surface area contributed by atoms with Crippen LogP contribution in [0, 0.1) is 0 Å². The van der Waals surface area contributed by atoms with Crippen molar-refractivity contribution in [1.82, 2.24) is 0 Å². The Morgan fingerprint density at radius 3 is 1.70 bits per heavy atom. The van der Waals surface area contributed by atoms with Gasteiger partial charge in [-0.15, -0.1) is 0 Å². The first-order valence-electron chi connectivity index (χ1n) is 14.4. The highest BCUT2D eigenvalue weighted by molar-refractivity contribution is 5.99. The van der Waals surface area contributed by atoms with Gasteiger partial charge in [-0.2, -0.15) is 0 Å². The smallest absolute Gasteiger partial charge is 0.344 e. The lowest BCUT2D eigenvalue weighted by Crippen LogP contribution is -2.31. The summed E-state index contributed by atoms with van der Waals surface area (Å²) in [5.41, 5.74) is 5.02. The van der Waals surface area contributed by atoms with Crippen molar-refractivity contribution in [3.8, 4) is 16.9 Å². The molecule has 0 bridgehead atoms. The predicted molar refractivity (Wildman–Crippen MR) is 171 cm³/mol. The zero-order valence-corrected chi connectivity index (χ0v) is 25.7. The standard InChI is InChI=1S/C33H45N3O7/c1-34(2)27-9-12-30(13-10-27)43-33(39)32-25-29(35(3)4)11-14-31(32)26-5-7-28(8-6-26)36(15-19-40-21-17-37)16-20-41-23-24-42-22-18-38/h5-14,25,37-38H,15-24H2,1-4H3. The van der Waals surface area contributed by atoms with E-state index in [0.29, 0.717) is 57.4 Å². The normalized spacial score (nSPS) is 10.9. The van der Waals surface area contributed by atoms with Crippen LogP contribution in [-0.2, 0) is 14.2 Å². The summed E-state index contributed by atoms with van der Waals surface area (Å²) in [4.78, 5) is 19.5. The van der Waals surface area contributed by atoms with Gasteiger partial charge in [0.05, 0.1) is 58.4 Å². The maximum atomic E-state index is 13.5. The average Bonchev–Trinajstić information content (AvgIpc) is 3.01. The van der Waals surface area contributed by atoms with Gasteiger partial charge in [-0.25, -0.2) is 4.79 Å². The second-order valence-corrected chi connectivity index (χ2v) is 10.2. The van der Waals surface area contributed by atoms with E-state index >= 15 is 0 Å². The Bertz CT molecular complexity index is 1230. The van der Waals surface area contributed by atoms with Gasteiger partial charge in [-0.3, -0.25) is 0 Å². The van der Waals surface area contributed by atoms with Crippen LogP contribution in [0.1, 0.15) is 10.4 Å². The van der Waals surface area contributed by atoms with Gasteiger partial charge in [0.25, 0.3) is 0 Å². The molecule has 0 unspecified atom stereocenters. The lowest BCUT2D eigenvalue weighted by Gasteiger charge is -2.25. The highest BCUT2D eigenvalue weighted by atomic mass is 16.5. The summed E-state index contributed by atoms with van der Waals surface area (Å²) in [6.07, 6.45) is 0. The lowest BCUT2D eigenvalue weighted by atomic mass is 9.98. The fraction of sp³-hybridized carbons (Fsp3) is 0.424. The van der Waals surface area contributed by atoms with Crippen molar-refractivity contribution in [2.45, 2.75) is 0 Å². The molecule has 3 aromatic rings. The first-order chi connectivity index (χ1) is 20.8. The largest absolute Gasteiger partial charge is 0.423 e. The minimum atomic E-state index is -0.428. The Morgan fingerprint density at radius 2 is 1.14 bits per heavy atom. The third-order valence-corrected chi connectivity index (χ3v) is 6.70. The Morgan fingerprint density at radius 1 is 0.628 bits per heavy atom. The first-order valence-corrected chi connectivity index (χ1v) is 14.4. The van der Waals surface area contributed by atoms with E-state index in [2.05, 4.69) is 4.90 Å². The van der Waals surface area contributed by atoms with Gasteiger partial charge in [-0.1, -0.05) is 18.2 Å². The van der Waals surface area contributed by atoms with E-state index in [1.165, 1.54) is 0 Å². The third-order valence-electron chi connectivity index (χ3n) is 6.70. The van der Waals surface area contributed by atoms with Crippen LogP contribution in [0.15, 0.2) is 66.7 Å². The van der Waals surface area contributed by atoms with Crippen LogP contribution in [0.3, 0.4) is 0 Å². The van der Waals surface area contributed by atoms with Crippen molar-refractivity contribution in [1.29, 1.82) is 0 Å². The molecular weight excluding hydrogens is 550 g/mol. The van der Waals surface area contributed by atoms with Gasteiger partial charge in [-0.05, 0) is 59.7 Å². The molecule has 0 aliphatic rings. The molecule has 234 valence electrons. The molecule has 0 fully saturated rings. The summed E-state index contributed by atoms with van der Waals surface area (Å²) >= 11 is 0. The van der Waals surface area contributed by atoms with Gasteiger partial charge in [0.15, 0.2) is 0 Å². The van der Waals surface area contributed by atoms with Gasteiger partial charge in [0.1, 0.15) is 5.75 Å². The molecule has 0 aliphatic heterocycles. The number of hydrogen-bond donors (Lipinski definition) is 2. The number of esters is 1. The van der Waals surface area contributed by atoms with Gasteiger partial charge < -0.3 is 43.9 Å². The molecule has 0 radical (unpaired) electrons. The van der Waals surface area contributed by atoms with Crippen LogP contribution in [0.5, 0.6) is 5.75 Å². The summed E-state index contributed by atoms with van der Waals surface area (Å²) in [7, 11) is 7.79. The van der Waals surface area contributed by atoms with Gasteiger partial charge >= 0.3 is 5.97 Å². The summed E-state index contributed by atoms with van der Waals surface area (Å²) in [6.45, 7) is 3.60. The van der Waals surface area contributed by atoms with Crippen molar-refractivity contribution in [2.24, 2.45) is 0 Å². The zero-order valence-electron chi connectivity index (χ0n) is 25.7. The van der Waals surface area contributed by atoms with Crippen molar-refractivity contribution < 1.29 is 34.0 Å². The third kappa shape index (κ3) is 10.8. The number of carbonyl (C=O) groups is 1. The minimum absolute atomic E-state index is 0.00900. The van der Waals surface area contributed by atoms with Crippen molar-refractivity contribution >= 4 is 23.0 Å². The molecule has 0 aliphatic carbocycles. The SMILES string of the molecule is CN(C)c1ccc(OC(=O)c2cc(N(C)C)ccc2-c2ccc(N(CCOCCO)CCOCCOCCO)cc2)cc1. The summed E-state index contributed by atoms with van der Waals surface area (Å²) in [6, 6.07) is 21.2. The second kappa shape index (κ2) is 18.1. The maximum absolute atomic E-state index is 13.5. The fourth-order valence-corrected chi connectivity index (χ4v) is 4.33. The molecule has 0 spiro atoms. The van der Waals surface area contributed by atoms with E-state index in [-0.39, 0.29) is 19.8 Å². The quantitative estimate of drug-likeness (QED) is 0.122. The molecule has 43 heavy (non-hydrogen) atoms. The molecule has 3 aromatic carbocycles. The fourth-order valence-electron chi connectivity index (χ4n) is 4.33. The van der Waals surface area contributed by atoms with Crippen molar-refractivity contribution in [3.63, 3.8) is 0 Å². The number of benzene rings is 3. The molecule has 0 saturated heterocycles. The van der Waals surface area contributed by atoms with Crippen molar-refractivity contribution in [3.05, 3.63) is 72.3 Å². The highest BCUT2D eigenvalue weighted by Crippen LogP contribution is 2.30. The van der Waals surface area contributed by atoms with Crippen LogP contribution in [0.2, 0.25) is 0 Å². The Kier molecular flexibility index (Phi) is 14.2. The van der Waals surface area contributed by atoms with E-state index in [1.807, 2.05) is 92.6 Å². The Labute approximate surface area is 255 Å². The molecule has 10 heteroatoms. The molecular formula is C33H45N3O7. The van der Waals surface area contributed by atoms with E-state index in [4.69, 9.17) is 29.2 Å². The Hall–Kier alpha value is -3.67. The highest BCUT2D eigenvalue weighted by Gasteiger charge is 2.18. The summed E-state index contributed by atoms with van der Waals surface area (Å²) in [5, 5.41) is 17.9. The van der Waals surface area contributed by atoms with Crippen LogP contribution in [0.25, 0.3) is 11.1 Å². The van der Waals surface area contributed by atoms with E-state index < -0.39 is 5.97 Å². The zero-order chi connectivity index (χ0) is 31.0. The van der Waals surface area contributed by atoms with E-state index in [1.54, 1.807) is 12.1 Å². The average molecular weight is 596 g/mol. The maximum Gasteiger partial charge on any atom is 0.344 e. The molecule has 0 saturated carbocycles. The number of aliphatic hydroxyl groups is 2. The Balaban J connectivity index is 1.78. The molecule has 3 rings (SSSR count). The molecule has 0 aromatic heterocycles. The number of nitrogens with zero attached hydrogens (tertiary/aromatic N) is 3. The minimum Gasteiger partial charge on any atom is -0.423 e. The number of carbonyl (C=O) groups excluding carboxylic acids is 1. The number of aliphatic hydroxyl groups excluding tert-OH is 2. The molecule has 0 amide bonds. The van der Waals surface area contributed by atoms with Crippen molar-refractivity contribution in [2.75, 3.05) is 109 Å². The van der Waals surface area contributed by atoms with Crippen LogP contribution in [-0.4, -0.2) is 110 Å². The van der Waals surface area contributed by atoms with Gasteiger partial charge in [0.2, 0.25) is 0 Å². The predicted octanol–water partition coefficient (Wildman–Crippen LogP) is 3.55. The van der Waals surface area contributed by atoms with E-state index in [9.17, 15) is 4.79 Å². The topological polar surface area (TPSA) is 104 Å². The lowest BCUT2D eigenvalue weighted by molar-refractivity contribution is 0.0347. The number of ether oxygens (including phenoxy) is 4. The van der Waals surface area contributed by atoms with Crippen LogP contribution >= 0.6 is 0 Å². The molecule has 2 N–H and O–H groups in total. The number of hydrogen-bond acceptors (Lipinski definition) is 10. The molecule has 0 atom stereocenters. The monoisotopic (exact) mass is 595 g/mol. The van der Waals surface area contributed by atoms with Gasteiger partial charge in [0, 0.05) is 58.3 Å². The number of anilines is 3. The van der Waals surface area contributed by atoms with Crippen LogP contribution in [0.4, 0.5) is 17.1 Å². The van der Waals surface area contributed by atoms with Crippen LogP contribution < -0.4 is 19.4 Å². The second-order valence-electron chi connectivity index (χ2n) is 10.2. The summed E-state index contributed by atoms with van der Waals surface area (Å²) < 4.78 is 22.2. The number of rotatable bonds is 19. The molecule has 10 nitrogen and oxygen atoms in total. The first kappa shape index (κ1) is 33.8. The van der Waals surface area contributed by atoms with E-state index in [0.717, 1.165) is 28.2 Å².